The standard InChI is InChI=1S/C16H18N6/c1-8-7-18-12-6-10(4-5-11(8)12)14-13-15(17)19-9(2)20-16(13)22(3)21-14/h4-7,9,18,20H,1-3H3,(H2,17,19). The molecule has 1 atom stereocenters. The number of benzene rings is 1. The number of hydrogen-bond donors (Lipinski definition) is 3. The van der Waals surface area contributed by atoms with Crippen LogP contribution in [0.4, 0.5) is 5.82 Å². The highest BCUT2D eigenvalue weighted by Gasteiger charge is 2.25. The molecule has 1 aliphatic heterocycles. The number of aryl methyl sites for hydroxylation is 2. The summed E-state index contributed by atoms with van der Waals surface area (Å²) in [6.07, 6.45) is 1.98. The minimum atomic E-state index is -0.0377. The molecule has 0 bridgehead atoms. The predicted molar refractivity (Wildman–Crippen MR) is 89.0 cm³/mol. The smallest absolute Gasteiger partial charge is 0.137 e. The normalized spacial score (nSPS) is 17.2. The second-order valence-corrected chi connectivity index (χ2v) is 5.76. The zero-order valence-electron chi connectivity index (χ0n) is 12.8. The molecule has 6 heteroatoms. The van der Waals surface area contributed by atoms with Crippen molar-refractivity contribution < 1.29 is 0 Å². The first-order valence-corrected chi connectivity index (χ1v) is 7.30. The van der Waals surface area contributed by atoms with E-state index in [1.165, 1.54) is 10.9 Å². The zero-order chi connectivity index (χ0) is 15.4. The lowest BCUT2D eigenvalue weighted by atomic mass is 10.0. The Morgan fingerprint density at radius 1 is 1.32 bits per heavy atom. The van der Waals surface area contributed by atoms with Crippen LogP contribution in [0.25, 0.3) is 22.2 Å². The fraction of sp³-hybridized carbons (Fsp3) is 0.250. The third-order valence-electron chi connectivity index (χ3n) is 4.14. The maximum Gasteiger partial charge on any atom is 0.137 e. The SMILES string of the molecule is Cc1c[nH]c2cc(-c3nn(C)c4c3C(N)=NC(C)N4)ccc12. The van der Waals surface area contributed by atoms with Gasteiger partial charge < -0.3 is 16.0 Å². The summed E-state index contributed by atoms with van der Waals surface area (Å²) < 4.78 is 1.83. The number of fused-ring (bicyclic) bond motifs is 2. The summed E-state index contributed by atoms with van der Waals surface area (Å²) in [5.74, 6) is 1.45. The Hall–Kier alpha value is -2.76. The van der Waals surface area contributed by atoms with Gasteiger partial charge in [-0.15, -0.1) is 0 Å². The number of amidine groups is 1. The highest BCUT2D eigenvalue weighted by atomic mass is 15.3. The lowest BCUT2D eigenvalue weighted by Crippen LogP contribution is -2.28. The maximum absolute atomic E-state index is 6.15. The summed E-state index contributed by atoms with van der Waals surface area (Å²) in [5, 5.41) is 9.18. The molecular formula is C16H18N6. The van der Waals surface area contributed by atoms with E-state index in [1.807, 2.05) is 24.9 Å². The molecule has 4 rings (SSSR count). The molecule has 0 aliphatic carbocycles. The molecule has 0 spiro atoms. The summed E-state index contributed by atoms with van der Waals surface area (Å²) in [7, 11) is 1.91. The molecule has 0 radical (unpaired) electrons. The molecule has 112 valence electrons. The number of nitrogens with zero attached hydrogens (tertiary/aromatic N) is 3. The van der Waals surface area contributed by atoms with Crippen LogP contribution in [0.2, 0.25) is 0 Å². The van der Waals surface area contributed by atoms with Gasteiger partial charge >= 0.3 is 0 Å². The molecule has 0 saturated carbocycles. The van der Waals surface area contributed by atoms with E-state index in [-0.39, 0.29) is 6.17 Å². The lowest BCUT2D eigenvalue weighted by Gasteiger charge is -2.19. The van der Waals surface area contributed by atoms with E-state index in [1.54, 1.807) is 0 Å². The monoisotopic (exact) mass is 294 g/mol. The Kier molecular flexibility index (Phi) is 2.57. The van der Waals surface area contributed by atoms with Crippen molar-refractivity contribution in [2.45, 2.75) is 20.0 Å². The van der Waals surface area contributed by atoms with Gasteiger partial charge in [0.1, 0.15) is 23.5 Å². The average Bonchev–Trinajstić information content (AvgIpc) is 3.01. The van der Waals surface area contributed by atoms with Crippen molar-refractivity contribution >= 4 is 22.6 Å². The van der Waals surface area contributed by atoms with Gasteiger partial charge in [-0.2, -0.15) is 5.10 Å². The van der Waals surface area contributed by atoms with Gasteiger partial charge in [0.2, 0.25) is 0 Å². The van der Waals surface area contributed by atoms with E-state index in [4.69, 9.17) is 5.73 Å². The zero-order valence-corrected chi connectivity index (χ0v) is 12.8. The third kappa shape index (κ3) is 1.73. The number of nitrogens with two attached hydrogens (primary N) is 1. The van der Waals surface area contributed by atoms with Crippen LogP contribution in [-0.4, -0.2) is 26.8 Å². The van der Waals surface area contributed by atoms with Gasteiger partial charge in [-0.1, -0.05) is 12.1 Å². The second-order valence-electron chi connectivity index (χ2n) is 5.76. The minimum Gasteiger partial charge on any atom is -0.383 e. The van der Waals surface area contributed by atoms with Gasteiger partial charge in [0.15, 0.2) is 0 Å². The van der Waals surface area contributed by atoms with Crippen molar-refractivity contribution in [3.63, 3.8) is 0 Å². The van der Waals surface area contributed by atoms with Gasteiger partial charge in [0, 0.05) is 29.7 Å². The number of hydrogen-bond acceptors (Lipinski definition) is 4. The van der Waals surface area contributed by atoms with Gasteiger partial charge in [-0.05, 0) is 25.5 Å². The van der Waals surface area contributed by atoms with E-state index in [0.29, 0.717) is 5.84 Å². The number of anilines is 1. The van der Waals surface area contributed by atoms with Crippen molar-refractivity contribution in [1.82, 2.24) is 14.8 Å². The number of rotatable bonds is 1. The maximum atomic E-state index is 6.15. The predicted octanol–water partition coefficient (Wildman–Crippen LogP) is 2.35. The molecule has 0 fully saturated rings. The first-order chi connectivity index (χ1) is 10.5. The highest BCUT2D eigenvalue weighted by molar-refractivity contribution is 6.08. The highest BCUT2D eigenvalue weighted by Crippen LogP contribution is 2.32. The van der Waals surface area contributed by atoms with Gasteiger partial charge in [-0.3, -0.25) is 4.68 Å². The molecule has 1 aromatic carbocycles. The number of aromatic nitrogens is 3. The van der Waals surface area contributed by atoms with E-state index >= 15 is 0 Å². The van der Waals surface area contributed by atoms with Crippen molar-refractivity contribution in [2.24, 2.45) is 17.8 Å². The summed E-state index contributed by atoms with van der Waals surface area (Å²) >= 11 is 0. The Labute approximate surface area is 128 Å². The summed E-state index contributed by atoms with van der Waals surface area (Å²) in [6, 6.07) is 6.30. The number of nitrogens with one attached hydrogen (secondary N) is 2. The first kappa shape index (κ1) is 12.9. The quantitative estimate of drug-likeness (QED) is 0.644. The summed E-state index contributed by atoms with van der Waals surface area (Å²) in [4.78, 5) is 7.70. The molecule has 1 aliphatic rings. The van der Waals surface area contributed by atoms with Crippen molar-refractivity contribution in [1.29, 1.82) is 0 Å². The number of aromatic amines is 1. The van der Waals surface area contributed by atoms with Crippen LogP contribution in [0.5, 0.6) is 0 Å². The van der Waals surface area contributed by atoms with Gasteiger partial charge in [0.05, 0.1) is 5.56 Å². The van der Waals surface area contributed by atoms with Crippen LogP contribution in [0, 0.1) is 6.92 Å². The second kappa shape index (κ2) is 4.37. The van der Waals surface area contributed by atoms with Crippen LogP contribution in [0.15, 0.2) is 29.4 Å². The Balaban J connectivity index is 1.93. The topological polar surface area (TPSA) is 84.0 Å². The molecule has 4 N–H and O–H groups in total. The third-order valence-corrected chi connectivity index (χ3v) is 4.14. The largest absolute Gasteiger partial charge is 0.383 e. The van der Waals surface area contributed by atoms with Gasteiger partial charge in [-0.25, -0.2) is 4.99 Å². The lowest BCUT2D eigenvalue weighted by molar-refractivity contribution is 0.744. The Morgan fingerprint density at radius 3 is 2.95 bits per heavy atom. The average molecular weight is 294 g/mol. The molecule has 2 aromatic heterocycles. The van der Waals surface area contributed by atoms with Gasteiger partial charge in [0.25, 0.3) is 0 Å². The van der Waals surface area contributed by atoms with E-state index < -0.39 is 0 Å². The Morgan fingerprint density at radius 2 is 2.14 bits per heavy atom. The minimum absolute atomic E-state index is 0.0377. The van der Waals surface area contributed by atoms with E-state index in [9.17, 15) is 0 Å². The molecule has 1 unspecified atom stereocenters. The van der Waals surface area contributed by atoms with E-state index in [0.717, 1.165) is 28.2 Å². The van der Waals surface area contributed by atoms with Crippen LogP contribution < -0.4 is 11.1 Å². The van der Waals surface area contributed by atoms with E-state index in [2.05, 4.69) is 45.5 Å². The molecule has 0 saturated heterocycles. The molecule has 0 amide bonds. The molecule has 22 heavy (non-hydrogen) atoms. The first-order valence-electron chi connectivity index (χ1n) is 7.30. The summed E-state index contributed by atoms with van der Waals surface area (Å²) in [5.41, 5.74) is 11.3. The number of aliphatic imine (C=N–C) groups is 1. The number of H-pyrrole nitrogens is 1. The van der Waals surface area contributed by atoms with Crippen LogP contribution >= 0.6 is 0 Å². The summed E-state index contributed by atoms with van der Waals surface area (Å²) in [6.45, 7) is 4.06. The van der Waals surface area contributed by atoms with Crippen molar-refractivity contribution in [3.8, 4) is 11.3 Å². The Bertz CT molecular complexity index is 914. The fourth-order valence-corrected chi connectivity index (χ4v) is 3.06. The van der Waals surface area contributed by atoms with Crippen LogP contribution in [-0.2, 0) is 7.05 Å². The van der Waals surface area contributed by atoms with Crippen molar-refractivity contribution in [3.05, 3.63) is 35.5 Å². The fourth-order valence-electron chi connectivity index (χ4n) is 3.06. The van der Waals surface area contributed by atoms with Crippen LogP contribution in [0.3, 0.4) is 0 Å². The van der Waals surface area contributed by atoms with Crippen LogP contribution in [0.1, 0.15) is 18.1 Å². The van der Waals surface area contributed by atoms with Crippen molar-refractivity contribution in [2.75, 3.05) is 5.32 Å². The molecule has 3 heterocycles. The molecular weight excluding hydrogens is 276 g/mol. The molecule has 6 nitrogen and oxygen atoms in total. The molecule has 3 aromatic rings.